The monoisotopic (exact) mass is 247 g/mol. The van der Waals surface area contributed by atoms with Crippen LogP contribution in [0.4, 0.5) is 0 Å². The van der Waals surface area contributed by atoms with E-state index in [0.29, 0.717) is 0 Å². The molecule has 0 bridgehead atoms. The standard InChI is InChI=1S/C15H21NO2/c1-9-5-11(3)12(6-10(9)2)8-16(4)14-7-13(14)15(17)18/h5-6,13-14H,7-8H2,1-4H3,(H,17,18). The highest BCUT2D eigenvalue weighted by atomic mass is 16.4. The van der Waals surface area contributed by atoms with Gasteiger partial charge >= 0.3 is 5.97 Å². The molecule has 2 rings (SSSR count). The van der Waals surface area contributed by atoms with Crippen LogP contribution in [0.25, 0.3) is 0 Å². The molecule has 0 saturated heterocycles. The highest BCUT2D eigenvalue weighted by Gasteiger charge is 2.45. The number of aryl methyl sites for hydroxylation is 3. The second-order valence-corrected chi connectivity index (χ2v) is 5.53. The lowest BCUT2D eigenvalue weighted by atomic mass is 10.0. The number of carbonyl (C=O) groups is 1. The minimum absolute atomic E-state index is 0.165. The number of benzene rings is 1. The molecule has 2 unspecified atom stereocenters. The maximum absolute atomic E-state index is 10.9. The van der Waals surface area contributed by atoms with Gasteiger partial charge in [0.1, 0.15) is 0 Å². The molecule has 1 aromatic carbocycles. The Morgan fingerprint density at radius 3 is 2.44 bits per heavy atom. The van der Waals surface area contributed by atoms with Crippen molar-refractivity contribution in [3.8, 4) is 0 Å². The highest BCUT2D eigenvalue weighted by molar-refractivity contribution is 5.74. The van der Waals surface area contributed by atoms with Crippen molar-refractivity contribution < 1.29 is 9.90 Å². The number of rotatable bonds is 4. The summed E-state index contributed by atoms with van der Waals surface area (Å²) in [4.78, 5) is 13.0. The summed E-state index contributed by atoms with van der Waals surface area (Å²) in [6.45, 7) is 7.20. The van der Waals surface area contributed by atoms with Crippen LogP contribution >= 0.6 is 0 Å². The summed E-state index contributed by atoms with van der Waals surface area (Å²) in [6, 6.07) is 4.64. The first-order valence-electron chi connectivity index (χ1n) is 6.40. The van der Waals surface area contributed by atoms with Crippen molar-refractivity contribution >= 4 is 5.97 Å². The average molecular weight is 247 g/mol. The first-order chi connectivity index (χ1) is 8.40. The summed E-state index contributed by atoms with van der Waals surface area (Å²) in [5.74, 6) is -0.828. The highest BCUT2D eigenvalue weighted by Crippen LogP contribution is 2.36. The molecule has 18 heavy (non-hydrogen) atoms. The van der Waals surface area contributed by atoms with E-state index in [1.807, 2.05) is 7.05 Å². The molecule has 2 atom stereocenters. The van der Waals surface area contributed by atoms with Crippen molar-refractivity contribution in [3.63, 3.8) is 0 Å². The van der Waals surface area contributed by atoms with E-state index in [4.69, 9.17) is 5.11 Å². The molecule has 3 nitrogen and oxygen atoms in total. The molecule has 1 fully saturated rings. The summed E-state index contributed by atoms with van der Waals surface area (Å²) in [5.41, 5.74) is 5.21. The number of carboxylic acid groups (broad SMARTS) is 1. The third kappa shape index (κ3) is 2.56. The summed E-state index contributed by atoms with van der Waals surface area (Å²) < 4.78 is 0. The lowest BCUT2D eigenvalue weighted by molar-refractivity contribution is -0.138. The molecule has 1 saturated carbocycles. The van der Waals surface area contributed by atoms with Gasteiger partial charge in [0.15, 0.2) is 0 Å². The Labute approximate surface area is 108 Å². The van der Waals surface area contributed by atoms with E-state index < -0.39 is 5.97 Å². The van der Waals surface area contributed by atoms with Crippen molar-refractivity contribution in [2.75, 3.05) is 7.05 Å². The Kier molecular flexibility index (Phi) is 3.44. The van der Waals surface area contributed by atoms with Crippen LogP contribution in [0.2, 0.25) is 0 Å². The van der Waals surface area contributed by atoms with Crippen LogP contribution in [0.5, 0.6) is 0 Å². The lowest BCUT2D eigenvalue weighted by Gasteiger charge is -2.19. The average Bonchev–Trinajstić information content (AvgIpc) is 3.05. The zero-order chi connectivity index (χ0) is 13.4. The van der Waals surface area contributed by atoms with E-state index in [1.165, 1.54) is 22.3 Å². The number of nitrogens with zero attached hydrogens (tertiary/aromatic N) is 1. The third-order valence-corrected chi connectivity index (χ3v) is 4.01. The Morgan fingerprint density at radius 2 is 1.89 bits per heavy atom. The van der Waals surface area contributed by atoms with Gasteiger partial charge in [-0.2, -0.15) is 0 Å². The topological polar surface area (TPSA) is 40.5 Å². The maximum atomic E-state index is 10.9. The molecule has 0 aliphatic heterocycles. The molecular weight excluding hydrogens is 226 g/mol. The molecule has 1 aliphatic rings. The number of hydrogen-bond donors (Lipinski definition) is 1. The quantitative estimate of drug-likeness (QED) is 0.888. The van der Waals surface area contributed by atoms with Gasteiger partial charge in [-0.05, 0) is 56.5 Å². The van der Waals surface area contributed by atoms with Gasteiger partial charge in [-0.25, -0.2) is 0 Å². The second kappa shape index (κ2) is 4.73. The van der Waals surface area contributed by atoms with E-state index in [1.54, 1.807) is 0 Å². The van der Waals surface area contributed by atoms with Crippen LogP contribution in [0.1, 0.15) is 28.7 Å². The summed E-state index contributed by atoms with van der Waals surface area (Å²) in [6.07, 6.45) is 0.787. The van der Waals surface area contributed by atoms with Crippen LogP contribution in [0.15, 0.2) is 12.1 Å². The largest absolute Gasteiger partial charge is 0.481 e. The minimum Gasteiger partial charge on any atom is -0.481 e. The van der Waals surface area contributed by atoms with Gasteiger partial charge in [-0.15, -0.1) is 0 Å². The van der Waals surface area contributed by atoms with Crippen molar-refractivity contribution in [2.45, 2.75) is 39.8 Å². The van der Waals surface area contributed by atoms with Gasteiger partial charge in [0.2, 0.25) is 0 Å². The third-order valence-electron chi connectivity index (χ3n) is 4.01. The minimum atomic E-state index is -0.663. The van der Waals surface area contributed by atoms with Crippen LogP contribution in [-0.4, -0.2) is 29.1 Å². The molecule has 1 N–H and O–H groups in total. The fraction of sp³-hybridized carbons (Fsp3) is 0.533. The summed E-state index contributed by atoms with van der Waals surface area (Å²) in [7, 11) is 2.02. The fourth-order valence-corrected chi connectivity index (χ4v) is 2.51. The normalized spacial score (nSPS) is 22.3. The maximum Gasteiger partial charge on any atom is 0.308 e. The molecular formula is C15H21NO2. The van der Waals surface area contributed by atoms with Gasteiger partial charge in [0.05, 0.1) is 5.92 Å². The Hall–Kier alpha value is -1.35. The van der Waals surface area contributed by atoms with E-state index in [-0.39, 0.29) is 12.0 Å². The first kappa shape index (κ1) is 13.1. The van der Waals surface area contributed by atoms with Crippen molar-refractivity contribution in [2.24, 2.45) is 5.92 Å². The molecule has 0 amide bonds. The van der Waals surface area contributed by atoms with Crippen molar-refractivity contribution in [1.82, 2.24) is 4.90 Å². The van der Waals surface area contributed by atoms with Crippen LogP contribution in [0.3, 0.4) is 0 Å². The van der Waals surface area contributed by atoms with Crippen molar-refractivity contribution in [1.29, 1.82) is 0 Å². The molecule has 0 radical (unpaired) electrons. The molecule has 1 aliphatic carbocycles. The molecule has 98 valence electrons. The zero-order valence-corrected chi connectivity index (χ0v) is 11.5. The van der Waals surface area contributed by atoms with Gasteiger partial charge < -0.3 is 5.11 Å². The predicted molar refractivity (Wildman–Crippen MR) is 71.7 cm³/mol. The van der Waals surface area contributed by atoms with Gasteiger partial charge in [-0.3, -0.25) is 9.69 Å². The second-order valence-electron chi connectivity index (χ2n) is 5.53. The lowest BCUT2D eigenvalue weighted by Crippen LogP contribution is -2.24. The van der Waals surface area contributed by atoms with Crippen LogP contribution in [-0.2, 0) is 11.3 Å². The van der Waals surface area contributed by atoms with Gasteiger partial charge in [0, 0.05) is 12.6 Å². The fourth-order valence-electron chi connectivity index (χ4n) is 2.51. The molecule has 0 heterocycles. The smallest absolute Gasteiger partial charge is 0.308 e. The molecule has 0 aromatic heterocycles. The summed E-state index contributed by atoms with van der Waals surface area (Å²) in [5, 5.41) is 8.95. The Balaban J connectivity index is 2.06. The van der Waals surface area contributed by atoms with Gasteiger partial charge in [-0.1, -0.05) is 12.1 Å². The first-order valence-corrected chi connectivity index (χ1v) is 6.40. The predicted octanol–water partition coefficient (Wildman–Crippen LogP) is 2.52. The van der Waals surface area contributed by atoms with Gasteiger partial charge in [0.25, 0.3) is 0 Å². The Morgan fingerprint density at radius 1 is 1.28 bits per heavy atom. The van der Waals surface area contributed by atoms with E-state index >= 15 is 0 Å². The number of carboxylic acids is 1. The van der Waals surface area contributed by atoms with E-state index in [2.05, 4.69) is 37.8 Å². The molecule has 3 heteroatoms. The number of hydrogen-bond acceptors (Lipinski definition) is 2. The SMILES string of the molecule is Cc1cc(C)c(CN(C)C2CC2C(=O)O)cc1C. The van der Waals surface area contributed by atoms with E-state index in [9.17, 15) is 4.79 Å². The van der Waals surface area contributed by atoms with E-state index in [0.717, 1.165) is 13.0 Å². The zero-order valence-electron chi connectivity index (χ0n) is 11.5. The van der Waals surface area contributed by atoms with Crippen LogP contribution < -0.4 is 0 Å². The van der Waals surface area contributed by atoms with Crippen LogP contribution in [0, 0.1) is 26.7 Å². The molecule has 1 aromatic rings. The van der Waals surface area contributed by atoms with Crippen molar-refractivity contribution in [3.05, 3.63) is 34.4 Å². The molecule has 0 spiro atoms. The number of aliphatic carboxylic acids is 1. The Bertz CT molecular complexity index is 482. The summed E-state index contributed by atoms with van der Waals surface area (Å²) >= 11 is 0.